The van der Waals surface area contributed by atoms with Crippen LogP contribution in [0.4, 0.5) is 10.1 Å². The summed E-state index contributed by atoms with van der Waals surface area (Å²) in [5.74, 6) is -1.10. The van der Waals surface area contributed by atoms with Crippen molar-refractivity contribution in [1.82, 2.24) is 5.32 Å². The molecule has 1 atom stereocenters. The number of benzene rings is 3. The Morgan fingerprint density at radius 3 is 2.43 bits per heavy atom. The molecule has 1 unspecified atom stereocenters. The van der Waals surface area contributed by atoms with Crippen molar-refractivity contribution in [3.63, 3.8) is 0 Å². The third-order valence-corrected chi connectivity index (χ3v) is 4.45. The fourth-order valence-electron chi connectivity index (χ4n) is 2.80. The van der Waals surface area contributed by atoms with Gasteiger partial charge in [-0.25, -0.2) is 4.39 Å². The molecule has 0 aliphatic carbocycles. The minimum Gasteiger partial charge on any atom is -0.364 e. The van der Waals surface area contributed by atoms with Gasteiger partial charge in [0.05, 0.1) is 6.61 Å². The number of hydrogen-bond donors (Lipinski definition) is 2. The molecule has 0 fully saturated rings. The summed E-state index contributed by atoms with van der Waals surface area (Å²) in [7, 11) is 0. The highest BCUT2D eigenvalue weighted by molar-refractivity contribution is 6.04. The molecule has 0 saturated carbocycles. The van der Waals surface area contributed by atoms with Crippen molar-refractivity contribution < 1.29 is 18.7 Å². The summed E-state index contributed by atoms with van der Waals surface area (Å²) in [6, 6.07) is 22.2. The van der Waals surface area contributed by atoms with Crippen molar-refractivity contribution in [2.45, 2.75) is 26.2 Å². The number of amides is 2. The zero-order chi connectivity index (χ0) is 21.3. The van der Waals surface area contributed by atoms with Crippen molar-refractivity contribution >= 4 is 17.5 Å². The van der Waals surface area contributed by atoms with Gasteiger partial charge < -0.3 is 15.4 Å². The minimum absolute atomic E-state index is 0.222. The first kappa shape index (κ1) is 21.2. The first-order valence-corrected chi connectivity index (χ1v) is 9.60. The lowest BCUT2D eigenvalue weighted by Crippen LogP contribution is -2.34. The number of ether oxygens (including phenoxy) is 1. The predicted octanol–water partition coefficient (Wildman–Crippen LogP) is 4.30. The summed E-state index contributed by atoms with van der Waals surface area (Å²) in [5.41, 5.74) is 2.61. The largest absolute Gasteiger partial charge is 0.364 e. The van der Waals surface area contributed by atoms with Gasteiger partial charge in [0.25, 0.3) is 5.91 Å². The molecule has 154 valence electrons. The van der Waals surface area contributed by atoms with Gasteiger partial charge in [0.15, 0.2) is 0 Å². The molecular weight excluding hydrogens is 383 g/mol. The molecule has 3 aromatic carbocycles. The molecule has 0 aliphatic rings. The maximum absolute atomic E-state index is 13.3. The number of nitrogens with one attached hydrogen (secondary N) is 2. The highest BCUT2D eigenvalue weighted by Gasteiger charge is 2.13. The number of carbonyl (C=O) groups is 2. The Labute approximate surface area is 174 Å². The summed E-state index contributed by atoms with van der Waals surface area (Å²) in [4.78, 5) is 24.5. The summed E-state index contributed by atoms with van der Waals surface area (Å²) < 4.78 is 18.9. The second-order valence-electron chi connectivity index (χ2n) is 6.82. The molecule has 0 bridgehead atoms. The molecule has 2 amide bonds. The number of rotatable bonds is 8. The summed E-state index contributed by atoms with van der Waals surface area (Å²) in [6.07, 6.45) is -0.596. The fraction of sp³-hybridized carbons (Fsp3) is 0.167. The van der Waals surface area contributed by atoms with Gasteiger partial charge in [0.1, 0.15) is 11.9 Å². The van der Waals surface area contributed by atoms with Crippen LogP contribution in [-0.2, 0) is 22.7 Å². The van der Waals surface area contributed by atoms with E-state index in [0.29, 0.717) is 18.8 Å². The molecule has 0 aromatic heterocycles. The molecule has 30 heavy (non-hydrogen) atoms. The van der Waals surface area contributed by atoms with E-state index in [9.17, 15) is 14.0 Å². The van der Waals surface area contributed by atoms with Crippen LogP contribution >= 0.6 is 0 Å². The van der Waals surface area contributed by atoms with Crippen LogP contribution in [0, 0.1) is 5.82 Å². The lowest BCUT2D eigenvalue weighted by molar-refractivity contribution is -0.132. The van der Waals surface area contributed by atoms with Crippen molar-refractivity contribution in [1.29, 1.82) is 0 Å². The van der Waals surface area contributed by atoms with Gasteiger partial charge in [0.2, 0.25) is 5.91 Å². The number of carbonyl (C=O) groups excluding carboxylic acids is 2. The van der Waals surface area contributed by atoms with Crippen LogP contribution in [0.25, 0.3) is 0 Å². The standard InChI is InChI=1S/C24H23FN2O3/c1-17(30-16-18-7-3-2-4-8-18)23(28)26-15-19-9-5-12-22(13-19)27-24(29)20-10-6-11-21(25)14-20/h2-14,17H,15-16H2,1H3,(H,26,28)(H,27,29). The van der Waals surface area contributed by atoms with Gasteiger partial charge in [-0.15, -0.1) is 0 Å². The van der Waals surface area contributed by atoms with Crippen molar-refractivity contribution in [3.05, 3.63) is 101 Å². The third kappa shape index (κ3) is 6.25. The Balaban J connectivity index is 1.51. The summed E-state index contributed by atoms with van der Waals surface area (Å²) in [6.45, 7) is 2.35. The van der Waals surface area contributed by atoms with Crippen molar-refractivity contribution in [2.24, 2.45) is 0 Å². The molecule has 0 spiro atoms. The van der Waals surface area contributed by atoms with E-state index in [1.165, 1.54) is 18.2 Å². The normalized spacial score (nSPS) is 11.5. The Kier molecular flexibility index (Phi) is 7.29. The lowest BCUT2D eigenvalue weighted by atomic mass is 10.1. The first-order valence-electron chi connectivity index (χ1n) is 9.60. The van der Waals surface area contributed by atoms with Gasteiger partial charge in [0, 0.05) is 17.8 Å². The zero-order valence-electron chi connectivity index (χ0n) is 16.6. The summed E-state index contributed by atoms with van der Waals surface area (Å²) in [5, 5.41) is 5.56. The molecule has 0 heterocycles. The van der Waals surface area contributed by atoms with Crippen LogP contribution in [0.15, 0.2) is 78.9 Å². The highest BCUT2D eigenvalue weighted by atomic mass is 19.1. The number of halogens is 1. The second-order valence-corrected chi connectivity index (χ2v) is 6.82. The Bertz CT molecular complexity index is 1010. The van der Waals surface area contributed by atoms with Gasteiger partial charge in [-0.3, -0.25) is 9.59 Å². The average molecular weight is 406 g/mol. The molecule has 0 saturated heterocycles. The lowest BCUT2D eigenvalue weighted by Gasteiger charge is -2.14. The molecule has 0 aliphatic heterocycles. The Hall–Kier alpha value is -3.51. The maximum Gasteiger partial charge on any atom is 0.255 e. The monoisotopic (exact) mass is 406 g/mol. The third-order valence-electron chi connectivity index (χ3n) is 4.45. The van der Waals surface area contributed by atoms with Crippen molar-refractivity contribution in [2.75, 3.05) is 5.32 Å². The topological polar surface area (TPSA) is 67.4 Å². The van der Waals surface area contributed by atoms with Crippen LogP contribution in [0.2, 0.25) is 0 Å². The van der Waals surface area contributed by atoms with E-state index in [1.807, 2.05) is 36.4 Å². The SMILES string of the molecule is CC(OCc1ccccc1)C(=O)NCc1cccc(NC(=O)c2cccc(F)c2)c1. The van der Waals surface area contributed by atoms with E-state index in [2.05, 4.69) is 10.6 Å². The molecule has 3 aromatic rings. The second kappa shape index (κ2) is 10.3. The first-order chi connectivity index (χ1) is 14.5. The van der Waals surface area contributed by atoms with Crippen LogP contribution in [-0.4, -0.2) is 17.9 Å². The molecule has 6 heteroatoms. The number of hydrogen-bond acceptors (Lipinski definition) is 3. The van der Waals surface area contributed by atoms with Crippen LogP contribution in [0.1, 0.15) is 28.4 Å². The molecule has 2 N–H and O–H groups in total. The summed E-state index contributed by atoms with van der Waals surface area (Å²) >= 11 is 0. The molecule has 3 rings (SSSR count). The van der Waals surface area contributed by atoms with Gasteiger partial charge in [-0.05, 0) is 48.4 Å². The van der Waals surface area contributed by atoms with Crippen LogP contribution in [0.5, 0.6) is 0 Å². The molecule has 0 radical (unpaired) electrons. The van der Waals surface area contributed by atoms with E-state index in [1.54, 1.807) is 31.2 Å². The van der Waals surface area contributed by atoms with E-state index in [0.717, 1.165) is 11.1 Å². The van der Waals surface area contributed by atoms with Gasteiger partial charge in [-0.2, -0.15) is 0 Å². The van der Waals surface area contributed by atoms with Gasteiger partial charge >= 0.3 is 0 Å². The fourth-order valence-corrected chi connectivity index (χ4v) is 2.80. The van der Waals surface area contributed by atoms with E-state index in [-0.39, 0.29) is 11.5 Å². The Morgan fingerprint density at radius 1 is 0.933 bits per heavy atom. The minimum atomic E-state index is -0.596. The molecule has 5 nitrogen and oxygen atoms in total. The highest BCUT2D eigenvalue weighted by Crippen LogP contribution is 2.13. The van der Waals surface area contributed by atoms with E-state index in [4.69, 9.17) is 4.74 Å². The van der Waals surface area contributed by atoms with Crippen LogP contribution in [0.3, 0.4) is 0 Å². The average Bonchev–Trinajstić information content (AvgIpc) is 2.76. The quantitative estimate of drug-likeness (QED) is 0.586. The smallest absolute Gasteiger partial charge is 0.255 e. The molecular formula is C24H23FN2O3. The van der Waals surface area contributed by atoms with E-state index >= 15 is 0 Å². The Morgan fingerprint density at radius 2 is 1.67 bits per heavy atom. The van der Waals surface area contributed by atoms with Crippen LogP contribution < -0.4 is 10.6 Å². The number of anilines is 1. The predicted molar refractivity (Wildman–Crippen MR) is 113 cm³/mol. The maximum atomic E-state index is 13.3. The van der Waals surface area contributed by atoms with Gasteiger partial charge in [-0.1, -0.05) is 48.5 Å². The van der Waals surface area contributed by atoms with Crippen molar-refractivity contribution in [3.8, 4) is 0 Å². The zero-order valence-corrected chi connectivity index (χ0v) is 16.6. The van der Waals surface area contributed by atoms with E-state index < -0.39 is 17.8 Å².